The maximum absolute atomic E-state index is 8.88. The third-order valence-electron chi connectivity index (χ3n) is 1.91. The maximum atomic E-state index is 8.88. The van der Waals surface area contributed by atoms with Gasteiger partial charge < -0.3 is 0 Å². The van der Waals surface area contributed by atoms with Crippen LogP contribution in [0.3, 0.4) is 0 Å². The summed E-state index contributed by atoms with van der Waals surface area (Å²) in [6.45, 7) is 4.22. The van der Waals surface area contributed by atoms with E-state index < -0.39 is 0 Å². The van der Waals surface area contributed by atoms with Crippen LogP contribution in [0, 0.1) is 11.3 Å². The zero-order valence-electron chi connectivity index (χ0n) is 8.00. The molecule has 0 fully saturated rings. The van der Waals surface area contributed by atoms with Crippen molar-refractivity contribution in [3.63, 3.8) is 0 Å². The third-order valence-corrected chi connectivity index (χ3v) is 2.89. The number of hydrogen-bond donors (Lipinski definition) is 0. The lowest BCUT2D eigenvalue weighted by molar-refractivity contribution is 1.07. The Morgan fingerprint density at radius 3 is 2.69 bits per heavy atom. The minimum Gasteiger partial charge on any atom is -0.192 e. The Morgan fingerprint density at radius 1 is 1.38 bits per heavy atom. The average molecular weight is 191 g/mol. The van der Waals surface area contributed by atoms with Gasteiger partial charge >= 0.3 is 0 Å². The van der Waals surface area contributed by atoms with Gasteiger partial charge in [-0.3, -0.25) is 0 Å². The van der Waals surface area contributed by atoms with E-state index in [1.807, 2.05) is 12.1 Å². The third kappa shape index (κ3) is 2.26. The Labute approximate surface area is 83.8 Å². The van der Waals surface area contributed by atoms with Crippen LogP contribution in [0.2, 0.25) is 0 Å². The van der Waals surface area contributed by atoms with E-state index in [2.05, 4.69) is 26.0 Å². The molecule has 1 aromatic rings. The molecule has 0 N–H and O–H groups in total. The normalized spacial score (nSPS) is 9.62. The largest absolute Gasteiger partial charge is 0.192 e. The van der Waals surface area contributed by atoms with Crippen molar-refractivity contribution in [3.05, 3.63) is 29.3 Å². The monoisotopic (exact) mass is 191 g/mol. The summed E-state index contributed by atoms with van der Waals surface area (Å²) in [7, 11) is 0. The van der Waals surface area contributed by atoms with Gasteiger partial charge in [0.2, 0.25) is 0 Å². The second-order valence-electron chi connectivity index (χ2n) is 2.68. The summed E-state index contributed by atoms with van der Waals surface area (Å²) in [4.78, 5) is 1.25. The van der Waals surface area contributed by atoms with Gasteiger partial charge in [-0.25, -0.2) is 0 Å². The van der Waals surface area contributed by atoms with Crippen LogP contribution in [0.1, 0.15) is 25.0 Å². The minimum absolute atomic E-state index is 0.820. The predicted octanol–water partition coefficient (Wildman–Crippen LogP) is 3.23. The zero-order valence-corrected chi connectivity index (χ0v) is 8.82. The van der Waals surface area contributed by atoms with Crippen LogP contribution >= 0.6 is 11.8 Å². The molecule has 68 valence electrons. The fourth-order valence-corrected chi connectivity index (χ4v) is 2.24. The highest BCUT2D eigenvalue weighted by Gasteiger charge is 2.04. The minimum atomic E-state index is 0.820. The molecule has 0 unspecified atom stereocenters. The molecule has 0 atom stereocenters. The molecule has 1 aromatic carbocycles. The predicted molar refractivity (Wildman–Crippen MR) is 56.9 cm³/mol. The van der Waals surface area contributed by atoms with Gasteiger partial charge in [0, 0.05) is 4.90 Å². The van der Waals surface area contributed by atoms with E-state index in [1.165, 1.54) is 10.5 Å². The van der Waals surface area contributed by atoms with Crippen molar-refractivity contribution in [1.82, 2.24) is 0 Å². The lowest BCUT2D eigenvalue weighted by Crippen LogP contribution is -1.90. The molecule has 0 heterocycles. The fourth-order valence-electron chi connectivity index (χ4n) is 1.33. The Hall–Kier alpha value is -0.940. The molecular formula is C11H13NS. The lowest BCUT2D eigenvalue weighted by atomic mass is 10.1. The van der Waals surface area contributed by atoms with Crippen molar-refractivity contribution in [3.8, 4) is 6.07 Å². The van der Waals surface area contributed by atoms with Crippen molar-refractivity contribution < 1.29 is 0 Å². The number of nitrogens with zero attached hydrogens (tertiary/aromatic N) is 1. The van der Waals surface area contributed by atoms with E-state index in [4.69, 9.17) is 5.26 Å². The van der Waals surface area contributed by atoms with Gasteiger partial charge in [0.05, 0.1) is 11.6 Å². The maximum Gasteiger partial charge on any atom is 0.0994 e. The van der Waals surface area contributed by atoms with Crippen LogP contribution in [0.4, 0.5) is 0 Å². The molecule has 0 amide bonds. The summed E-state index contributed by atoms with van der Waals surface area (Å²) in [5, 5.41) is 8.88. The highest BCUT2D eigenvalue weighted by molar-refractivity contribution is 7.99. The number of benzene rings is 1. The summed E-state index contributed by atoms with van der Waals surface area (Å²) in [6, 6.07) is 8.16. The number of nitriles is 1. The second-order valence-corrected chi connectivity index (χ2v) is 3.99. The Balaban J connectivity index is 3.13. The molecule has 1 rings (SSSR count). The zero-order chi connectivity index (χ0) is 9.68. The molecule has 1 nitrogen and oxygen atoms in total. The van der Waals surface area contributed by atoms with Crippen LogP contribution < -0.4 is 0 Å². The van der Waals surface area contributed by atoms with E-state index in [0.717, 1.165) is 17.7 Å². The standard InChI is InChI=1S/C11H13NS/c1-3-10-9(8-12)6-5-7-11(10)13-4-2/h5-7H,3-4H2,1-2H3. The SMILES string of the molecule is CCSc1cccc(C#N)c1CC. The summed E-state index contributed by atoms with van der Waals surface area (Å²) in [5.41, 5.74) is 2.01. The lowest BCUT2D eigenvalue weighted by Gasteiger charge is -2.07. The van der Waals surface area contributed by atoms with Gasteiger partial charge in [-0.15, -0.1) is 11.8 Å². The van der Waals surface area contributed by atoms with Gasteiger partial charge in [0.1, 0.15) is 0 Å². The van der Waals surface area contributed by atoms with Gasteiger partial charge in [-0.1, -0.05) is 19.9 Å². The van der Waals surface area contributed by atoms with E-state index in [0.29, 0.717) is 0 Å². The van der Waals surface area contributed by atoms with Crippen molar-refractivity contribution in [2.45, 2.75) is 25.2 Å². The summed E-state index contributed by atoms with van der Waals surface area (Å²) in [6.07, 6.45) is 0.937. The first kappa shape index (κ1) is 10.1. The van der Waals surface area contributed by atoms with Gasteiger partial charge in [0.25, 0.3) is 0 Å². The highest BCUT2D eigenvalue weighted by atomic mass is 32.2. The Morgan fingerprint density at radius 2 is 2.15 bits per heavy atom. The van der Waals surface area contributed by atoms with Crippen molar-refractivity contribution in [1.29, 1.82) is 5.26 Å². The first-order valence-corrected chi connectivity index (χ1v) is 5.46. The smallest absolute Gasteiger partial charge is 0.0994 e. The average Bonchev–Trinajstić information content (AvgIpc) is 2.18. The van der Waals surface area contributed by atoms with Crippen LogP contribution in [0.15, 0.2) is 23.1 Å². The van der Waals surface area contributed by atoms with Crippen molar-refractivity contribution >= 4 is 11.8 Å². The van der Waals surface area contributed by atoms with E-state index >= 15 is 0 Å². The van der Waals surface area contributed by atoms with Gasteiger partial charge in [-0.2, -0.15) is 5.26 Å². The van der Waals surface area contributed by atoms with Gasteiger partial charge in [0.15, 0.2) is 0 Å². The molecule has 13 heavy (non-hydrogen) atoms. The molecule has 0 aliphatic heterocycles. The second kappa shape index (κ2) is 4.94. The van der Waals surface area contributed by atoms with Crippen molar-refractivity contribution in [2.24, 2.45) is 0 Å². The number of rotatable bonds is 3. The van der Waals surface area contributed by atoms with Crippen LogP contribution in [-0.4, -0.2) is 5.75 Å². The van der Waals surface area contributed by atoms with Crippen LogP contribution in [-0.2, 0) is 6.42 Å². The molecule has 0 aliphatic carbocycles. The first-order chi connectivity index (χ1) is 6.33. The van der Waals surface area contributed by atoms with Gasteiger partial charge in [-0.05, 0) is 29.9 Å². The van der Waals surface area contributed by atoms with E-state index in [1.54, 1.807) is 11.8 Å². The van der Waals surface area contributed by atoms with Crippen LogP contribution in [0.5, 0.6) is 0 Å². The topological polar surface area (TPSA) is 23.8 Å². The van der Waals surface area contributed by atoms with E-state index in [9.17, 15) is 0 Å². The molecule has 0 radical (unpaired) electrons. The molecule has 2 heteroatoms. The summed E-state index contributed by atoms with van der Waals surface area (Å²) < 4.78 is 0. The quantitative estimate of drug-likeness (QED) is 0.685. The molecule has 0 saturated carbocycles. The van der Waals surface area contributed by atoms with E-state index in [-0.39, 0.29) is 0 Å². The highest BCUT2D eigenvalue weighted by Crippen LogP contribution is 2.25. The number of hydrogen-bond acceptors (Lipinski definition) is 2. The first-order valence-electron chi connectivity index (χ1n) is 4.48. The van der Waals surface area contributed by atoms with Crippen molar-refractivity contribution in [2.75, 3.05) is 5.75 Å². The fraction of sp³-hybridized carbons (Fsp3) is 0.364. The Kier molecular flexibility index (Phi) is 3.85. The molecule has 0 aromatic heterocycles. The summed E-state index contributed by atoms with van der Waals surface area (Å²) in [5.74, 6) is 1.06. The molecule has 0 spiro atoms. The summed E-state index contributed by atoms with van der Waals surface area (Å²) >= 11 is 1.80. The number of thioether (sulfide) groups is 1. The Bertz CT molecular complexity index is 325. The molecule has 0 saturated heterocycles. The van der Waals surface area contributed by atoms with Crippen LogP contribution in [0.25, 0.3) is 0 Å². The molecule has 0 bridgehead atoms. The molecule has 0 aliphatic rings. The molecular weight excluding hydrogens is 178 g/mol.